The molecule has 4 heteroatoms. The minimum absolute atomic E-state index is 0.0787. The minimum Gasteiger partial charge on any atom is -0.481 e. The van der Waals surface area contributed by atoms with Crippen LogP contribution >= 0.6 is 0 Å². The highest BCUT2D eigenvalue weighted by molar-refractivity contribution is 5.94. The summed E-state index contributed by atoms with van der Waals surface area (Å²) < 4.78 is 0. The Morgan fingerprint density at radius 2 is 1.42 bits per heavy atom. The molecule has 0 saturated heterocycles. The summed E-state index contributed by atoms with van der Waals surface area (Å²) in [6.07, 6.45) is 6.89. The number of carboxylic acid groups (broad SMARTS) is 1. The Kier molecular flexibility index (Phi) is 10.7. The van der Waals surface area contributed by atoms with Crippen LogP contribution in [0.25, 0.3) is 11.1 Å². The molecule has 38 heavy (non-hydrogen) atoms. The Morgan fingerprint density at radius 1 is 0.816 bits per heavy atom. The number of aliphatic carboxylic acids is 1. The quantitative estimate of drug-likeness (QED) is 0.227. The third kappa shape index (κ3) is 8.86. The van der Waals surface area contributed by atoms with E-state index in [-0.39, 0.29) is 24.3 Å². The predicted octanol–water partition coefficient (Wildman–Crippen LogP) is 8.15. The van der Waals surface area contributed by atoms with E-state index in [2.05, 4.69) is 93.7 Å². The number of nitrogens with one attached hydrogen (secondary N) is 1. The molecule has 0 spiro atoms. The molecule has 1 atom stereocenters. The van der Waals surface area contributed by atoms with E-state index in [4.69, 9.17) is 5.11 Å². The predicted molar refractivity (Wildman–Crippen MR) is 157 cm³/mol. The number of carbonyl (C=O) groups is 2. The lowest BCUT2D eigenvalue weighted by atomic mass is 9.85. The topological polar surface area (TPSA) is 66.4 Å². The zero-order valence-electron chi connectivity index (χ0n) is 23.4. The van der Waals surface area contributed by atoms with E-state index in [0.717, 1.165) is 12.8 Å². The van der Waals surface area contributed by atoms with Crippen molar-refractivity contribution in [3.8, 4) is 11.1 Å². The maximum Gasteiger partial charge on any atom is 0.305 e. The van der Waals surface area contributed by atoms with E-state index in [0.29, 0.717) is 11.5 Å². The molecule has 3 aromatic rings. The number of carboxylic acids is 1. The summed E-state index contributed by atoms with van der Waals surface area (Å²) in [6.45, 7) is 9.07. The second-order valence-corrected chi connectivity index (χ2v) is 11.3. The maximum absolute atomic E-state index is 12.4. The molecule has 202 valence electrons. The van der Waals surface area contributed by atoms with Crippen LogP contribution in [0.4, 0.5) is 0 Å². The van der Waals surface area contributed by atoms with Crippen molar-refractivity contribution < 1.29 is 14.7 Å². The van der Waals surface area contributed by atoms with Crippen LogP contribution in [0, 0.1) is 0 Å². The molecule has 0 bridgehead atoms. The van der Waals surface area contributed by atoms with Crippen molar-refractivity contribution >= 4 is 11.9 Å². The fourth-order valence-electron chi connectivity index (χ4n) is 4.78. The lowest BCUT2D eigenvalue weighted by Crippen LogP contribution is -2.25. The van der Waals surface area contributed by atoms with Crippen molar-refractivity contribution in [1.82, 2.24) is 5.32 Å². The summed E-state index contributed by atoms with van der Waals surface area (Å²) in [5, 5.41) is 11.5. The third-order valence-electron chi connectivity index (χ3n) is 7.20. The van der Waals surface area contributed by atoms with Crippen LogP contribution < -0.4 is 5.32 Å². The Labute approximate surface area is 228 Å². The lowest BCUT2D eigenvalue weighted by Gasteiger charge is -2.19. The van der Waals surface area contributed by atoms with E-state index >= 15 is 0 Å². The van der Waals surface area contributed by atoms with Crippen molar-refractivity contribution in [2.75, 3.05) is 6.54 Å². The molecule has 0 aliphatic carbocycles. The summed E-state index contributed by atoms with van der Waals surface area (Å²) in [4.78, 5) is 23.1. The Balaban J connectivity index is 1.70. The van der Waals surface area contributed by atoms with Crippen LogP contribution in [0.2, 0.25) is 0 Å². The molecule has 3 aromatic carbocycles. The first-order chi connectivity index (χ1) is 18.2. The fraction of sp³-hybridized carbons (Fsp3) is 0.412. The molecule has 2 N–H and O–H groups in total. The van der Waals surface area contributed by atoms with Gasteiger partial charge in [-0.2, -0.15) is 0 Å². The van der Waals surface area contributed by atoms with E-state index < -0.39 is 5.97 Å². The first-order valence-electron chi connectivity index (χ1n) is 14.0. The minimum atomic E-state index is -0.918. The largest absolute Gasteiger partial charge is 0.481 e. The zero-order chi connectivity index (χ0) is 27.5. The molecule has 3 rings (SSSR count). The van der Waals surface area contributed by atoms with Gasteiger partial charge in [0.1, 0.15) is 0 Å². The van der Waals surface area contributed by atoms with E-state index in [1.807, 2.05) is 12.1 Å². The van der Waals surface area contributed by atoms with Crippen molar-refractivity contribution in [3.05, 3.63) is 95.1 Å². The molecule has 1 amide bonds. The molecule has 0 aliphatic heterocycles. The highest BCUT2D eigenvalue weighted by Crippen LogP contribution is 2.30. The van der Waals surface area contributed by atoms with Crippen LogP contribution in [0.5, 0.6) is 0 Å². The van der Waals surface area contributed by atoms with Gasteiger partial charge in [-0.25, -0.2) is 0 Å². The summed E-state index contributed by atoms with van der Waals surface area (Å²) in [5.41, 5.74) is 7.07. The first kappa shape index (κ1) is 29.2. The number of hydrogen-bond donors (Lipinski definition) is 2. The normalized spacial score (nSPS) is 12.2. The van der Waals surface area contributed by atoms with E-state index in [1.165, 1.54) is 53.5 Å². The molecular formula is C34H43NO3. The smallest absolute Gasteiger partial charge is 0.305 e. The standard InChI is InChI=1S/C34H43NO3/c1-5-6-7-8-9-30(28-14-16-29(17-15-28)33(38)35-23-22-32(36)37)24-25-10-12-26(13-11-25)27-18-20-31(21-19-27)34(2,3)4/h10-21,30H,5-9,22-24H2,1-4H3,(H,35,38)(H,36,37). The van der Waals surface area contributed by atoms with Gasteiger partial charge in [0.2, 0.25) is 0 Å². The van der Waals surface area contributed by atoms with Crippen molar-refractivity contribution in [3.63, 3.8) is 0 Å². The van der Waals surface area contributed by atoms with Crippen LogP contribution in [0.15, 0.2) is 72.8 Å². The Hall–Kier alpha value is -3.40. The molecular weight excluding hydrogens is 470 g/mol. The zero-order valence-corrected chi connectivity index (χ0v) is 23.4. The van der Waals surface area contributed by atoms with Crippen molar-refractivity contribution in [1.29, 1.82) is 0 Å². The number of benzene rings is 3. The van der Waals surface area contributed by atoms with Gasteiger partial charge in [0.05, 0.1) is 6.42 Å². The average molecular weight is 514 g/mol. The fourth-order valence-corrected chi connectivity index (χ4v) is 4.78. The Bertz CT molecular complexity index is 1160. The van der Waals surface area contributed by atoms with E-state index in [9.17, 15) is 9.59 Å². The number of carbonyl (C=O) groups excluding carboxylic acids is 1. The summed E-state index contributed by atoms with van der Waals surface area (Å²) in [5.74, 6) is -0.769. The lowest BCUT2D eigenvalue weighted by molar-refractivity contribution is -0.136. The van der Waals surface area contributed by atoms with Gasteiger partial charge >= 0.3 is 5.97 Å². The SMILES string of the molecule is CCCCCCC(Cc1ccc(-c2ccc(C(C)(C)C)cc2)cc1)c1ccc(C(=O)NCCC(=O)O)cc1. The highest BCUT2D eigenvalue weighted by atomic mass is 16.4. The molecule has 0 aliphatic rings. The summed E-state index contributed by atoms with van der Waals surface area (Å²) in [7, 11) is 0. The maximum atomic E-state index is 12.4. The second-order valence-electron chi connectivity index (χ2n) is 11.3. The molecule has 0 saturated carbocycles. The van der Waals surface area contributed by atoms with Crippen molar-refractivity contribution in [2.45, 2.75) is 84.0 Å². The highest BCUT2D eigenvalue weighted by Gasteiger charge is 2.15. The van der Waals surface area contributed by atoms with Crippen molar-refractivity contribution in [2.24, 2.45) is 0 Å². The molecule has 0 radical (unpaired) electrons. The number of amides is 1. The molecule has 0 heterocycles. The van der Waals surface area contributed by atoms with Gasteiger partial charge in [-0.15, -0.1) is 0 Å². The number of unbranched alkanes of at least 4 members (excludes halogenated alkanes) is 3. The number of hydrogen-bond acceptors (Lipinski definition) is 2. The van der Waals surface area contributed by atoms with Crippen LogP contribution in [-0.2, 0) is 16.6 Å². The van der Waals surface area contributed by atoms with Gasteiger partial charge in [-0.1, -0.05) is 114 Å². The third-order valence-corrected chi connectivity index (χ3v) is 7.20. The monoisotopic (exact) mass is 513 g/mol. The van der Waals surface area contributed by atoms with Gasteiger partial charge in [0, 0.05) is 12.1 Å². The summed E-state index contributed by atoms with van der Waals surface area (Å²) in [6, 6.07) is 25.6. The number of rotatable bonds is 13. The van der Waals surface area contributed by atoms with Crippen LogP contribution in [-0.4, -0.2) is 23.5 Å². The molecule has 4 nitrogen and oxygen atoms in total. The van der Waals surface area contributed by atoms with Gasteiger partial charge in [-0.3, -0.25) is 9.59 Å². The van der Waals surface area contributed by atoms with Crippen LogP contribution in [0.1, 0.15) is 99.2 Å². The molecule has 0 aromatic heterocycles. The summed E-state index contributed by atoms with van der Waals surface area (Å²) >= 11 is 0. The van der Waals surface area contributed by atoms with Crippen LogP contribution in [0.3, 0.4) is 0 Å². The van der Waals surface area contributed by atoms with E-state index in [1.54, 1.807) is 0 Å². The second kappa shape index (κ2) is 13.9. The average Bonchev–Trinajstić information content (AvgIpc) is 2.90. The Morgan fingerprint density at radius 3 is 1.97 bits per heavy atom. The van der Waals surface area contributed by atoms with Gasteiger partial charge in [-0.05, 0) is 64.1 Å². The van der Waals surface area contributed by atoms with Gasteiger partial charge in [0.25, 0.3) is 5.91 Å². The first-order valence-corrected chi connectivity index (χ1v) is 14.0. The van der Waals surface area contributed by atoms with Gasteiger partial charge in [0.15, 0.2) is 0 Å². The molecule has 1 unspecified atom stereocenters. The molecule has 0 fully saturated rings. The van der Waals surface area contributed by atoms with Gasteiger partial charge < -0.3 is 10.4 Å².